The molecule has 0 radical (unpaired) electrons. The van der Waals surface area contributed by atoms with Crippen LogP contribution in [0, 0.1) is 20.8 Å². The molecule has 1 atom stereocenters. The number of anilines is 1. The predicted molar refractivity (Wildman–Crippen MR) is 168 cm³/mol. The van der Waals surface area contributed by atoms with Crippen LogP contribution in [-0.4, -0.2) is 56.3 Å². The predicted octanol–water partition coefficient (Wildman–Crippen LogP) is 5.09. The van der Waals surface area contributed by atoms with Gasteiger partial charge in [-0.15, -0.1) is 0 Å². The monoisotopic (exact) mass is 603 g/mol. The van der Waals surface area contributed by atoms with Gasteiger partial charge in [0.1, 0.15) is 5.75 Å². The van der Waals surface area contributed by atoms with Crippen molar-refractivity contribution in [2.45, 2.75) is 76.3 Å². The number of sulfonamides is 1. The minimum Gasteiger partial charge on any atom is -0.477 e. The molecule has 3 aromatic rings. The summed E-state index contributed by atoms with van der Waals surface area (Å²) in [5.41, 5.74) is 3.98. The Labute approximate surface area is 255 Å². The molecule has 9 heteroatoms. The number of para-hydroxylation sites is 2. The molecule has 1 heterocycles. The summed E-state index contributed by atoms with van der Waals surface area (Å²) >= 11 is 0. The molecular weight excluding hydrogens is 562 g/mol. The Morgan fingerprint density at radius 2 is 1.58 bits per heavy atom. The Morgan fingerprint density at radius 1 is 0.930 bits per heavy atom. The number of ether oxygens (including phenoxy) is 1. The molecular formula is C34H41N3O5S. The van der Waals surface area contributed by atoms with Gasteiger partial charge in [-0.1, -0.05) is 79.4 Å². The van der Waals surface area contributed by atoms with Gasteiger partial charge in [-0.3, -0.25) is 9.59 Å². The van der Waals surface area contributed by atoms with E-state index < -0.39 is 16.1 Å². The molecule has 1 N–H and O–H groups in total. The van der Waals surface area contributed by atoms with Gasteiger partial charge in [0, 0.05) is 12.6 Å². The second-order valence-electron chi connectivity index (χ2n) is 11.7. The molecule has 1 aliphatic carbocycles. The highest BCUT2D eigenvalue weighted by molar-refractivity contribution is 7.89. The summed E-state index contributed by atoms with van der Waals surface area (Å²) in [5, 5.41) is 2.94. The smallest absolute Gasteiger partial charge is 0.262 e. The number of benzene rings is 3. The van der Waals surface area contributed by atoms with E-state index in [1.807, 2.05) is 63.2 Å². The molecule has 228 valence electrons. The lowest BCUT2D eigenvalue weighted by Gasteiger charge is -2.37. The summed E-state index contributed by atoms with van der Waals surface area (Å²) in [6.07, 6.45) is 4.07. The molecule has 8 nitrogen and oxygen atoms in total. The van der Waals surface area contributed by atoms with Crippen LogP contribution in [0.25, 0.3) is 0 Å². The number of carbonyl (C=O) groups is 2. The number of carbonyl (C=O) groups excluding carboxylic acids is 2. The minimum atomic E-state index is -3.98. The van der Waals surface area contributed by atoms with Crippen molar-refractivity contribution in [2.75, 3.05) is 24.5 Å². The van der Waals surface area contributed by atoms with Crippen molar-refractivity contribution < 1.29 is 22.7 Å². The average Bonchev–Trinajstić information content (AvgIpc) is 2.99. The van der Waals surface area contributed by atoms with E-state index in [1.165, 1.54) is 9.21 Å². The number of nitrogens with zero attached hydrogens (tertiary/aromatic N) is 2. The van der Waals surface area contributed by atoms with Crippen LogP contribution in [0.1, 0.15) is 54.4 Å². The quantitative estimate of drug-likeness (QED) is 0.368. The van der Waals surface area contributed by atoms with Crippen molar-refractivity contribution in [3.63, 3.8) is 0 Å². The summed E-state index contributed by atoms with van der Waals surface area (Å²) in [6, 6.07) is 20.5. The maximum atomic E-state index is 14.3. The van der Waals surface area contributed by atoms with Crippen molar-refractivity contribution in [3.05, 3.63) is 89.0 Å². The Morgan fingerprint density at radius 3 is 2.28 bits per heavy atom. The van der Waals surface area contributed by atoms with E-state index in [4.69, 9.17) is 4.74 Å². The van der Waals surface area contributed by atoms with Gasteiger partial charge >= 0.3 is 0 Å². The first-order valence-electron chi connectivity index (χ1n) is 15.1. The van der Waals surface area contributed by atoms with E-state index >= 15 is 0 Å². The van der Waals surface area contributed by atoms with Gasteiger partial charge < -0.3 is 15.0 Å². The molecule has 0 saturated heterocycles. The van der Waals surface area contributed by atoms with Gasteiger partial charge in [-0.2, -0.15) is 4.31 Å². The van der Waals surface area contributed by atoms with Crippen molar-refractivity contribution in [1.29, 1.82) is 0 Å². The Balaban J connectivity index is 1.39. The third-order valence-corrected chi connectivity index (χ3v) is 10.6. The molecule has 0 bridgehead atoms. The highest BCUT2D eigenvalue weighted by atomic mass is 32.2. The molecule has 2 amide bonds. The third kappa shape index (κ3) is 6.94. The SMILES string of the molecule is Cc1cc(C)c(S(=O)(=O)N(CC(=O)N2C[C@H](C(=O)NCCc3ccccc3)Oc3ccccc32)C2CCCCC2)c(C)c1. The molecule has 1 saturated carbocycles. The zero-order valence-electron chi connectivity index (χ0n) is 25.2. The van der Waals surface area contributed by atoms with Crippen LogP contribution in [0.5, 0.6) is 5.75 Å². The third-order valence-electron chi connectivity index (χ3n) is 8.37. The van der Waals surface area contributed by atoms with Gasteiger partial charge in [-0.05, 0) is 68.9 Å². The normalized spacial score (nSPS) is 17.3. The molecule has 2 aliphatic rings. The first kappa shape index (κ1) is 30.8. The largest absolute Gasteiger partial charge is 0.477 e. The van der Waals surface area contributed by atoms with Crippen molar-refractivity contribution in [2.24, 2.45) is 0 Å². The van der Waals surface area contributed by atoms with E-state index in [0.29, 0.717) is 48.4 Å². The first-order chi connectivity index (χ1) is 20.6. The topological polar surface area (TPSA) is 96.0 Å². The number of aryl methyl sites for hydroxylation is 3. The van der Waals surface area contributed by atoms with Crippen LogP contribution in [-0.2, 0) is 26.0 Å². The fraction of sp³-hybridized carbons (Fsp3) is 0.412. The fourth-order valence-electron chi connectivity index (χ4n) is 6.38. The first-order valence-corrected chi connectivity index (χ1v) is 16.6. The standard InChI is InChI=1S/C34H41N3O5S/c1-24-20-25(2)33(26(3)21-24)43(40,41)37(28-14-8-5-9-15-28)23-32(38)36-22-31(42-30-17-11-10-16-29(30)36)34(39)35-19-18-27-12-6-4-7-13-27/h4,6-7,10-13,16-17,20-21,28,31H,5,8-9,14-15,18-19,22-23H2,1-3H3,(H,35,39)/t31-/m1/s1. The van der Waals surface area contributed by atoms with Crippen LogP contribution in [0.4, 0.5) is 5.69 Å². The molecule has 0 aromatic heterocycles. The lowest BCUT2D eigenvalue weighted by Crippen LogP contribution is -2.54. The minimum absolute atomic E-state index is 0.00580. The highest BCUT2D eigenvalue weighted by Gasteiger charge is 2.39. The average molecular weight is 604 g/mol. The van der Waals surface area contributed by atoms with Crippen molar-refractivity contribution in [1.82, 2.24) is 9.62 Å². The Bertz CT molecular complexity index is 1540. The number of fused-ring (bicyclic) bond motifs is 1. The summed E-state index contributed by atoms with van der Waals surface area (Å²) in [4.78, 5) is 29.1. The molecule has 0 unspecified atom stereocenters. The Hall–Kier alpha value is -3.69. The summed E-state index contributed by atoms with van der Waals surface area (Å²) < 4.78 is 36.1. The number of amides is 2. The molecule has 1 aliphatic heterocycles. The van der Waals surface area contributed by atoms with Gasteiger partial charge in [-0.25, -0.2) is 8.42 Å². The molecule has 3 aromatic carbocycles. The van der Waals surface area contributed by atoms with Crippen molar-refractivity contribution >= 4 is 27.5 Å². The molecule has 0 spiro atoms. The van der Waals surface area contributed by atoms with Crippen LogP contribution < -0.4 is 15.0 Å². The van der Waals surface area contributed by atoms with E-state index in [-0.39, 0.29) is 35.8 Å². The maximum absolute atomic E-state index is 14.3. The van der Waals surface area contributed by atoms with E-state index in [1.54, 1.807) is 24.3 Å². The van der Waals surface area contributed by atoms with Gasteiger partial charge in [0.2, 0.25) is 15.9 Å². The van der Waals surface area contributed by atoms with E-state index in [9.17, 15) is 18.0 Å². The highest BCUT2D eigenvalue weighted by Crippen LogP contribution is 2.35. The molecule has 43 heavy (non-hydrogen) atoms. The lowest BCUT2D eigenvalue weighted by atomic mass is 9.95. The lowest BCUT2D eigenvalue weighted by molar-refractivity contribution is -0.128. The van der Waals surface area contributed by atoms with Crippen LogP contribution in [0.3, 0.4) is 0 Å². The maximum Gasteiger partial charge on any atom is 0.262 e. The number of nitrogens with one attached hydrogen (secondary N) is 1. The van der Waals surface area contributed by atoms with E-state index in [0.717, 1.165) is 30.4 Å². The van der Waals surface area contributed by atoms with Gasteiger partial charge in [0.25, 0.3) is 5.91 Å². The fourth-order valence-corrected chi connectivity index (χ4v) is 8.43. The number of hydrogen-bond acceptors (Lipinski definition) is 5. The van der Waals surface area contributed by atoms with Crippen LogP contribution in [0.2, 0.25) is 0 Å². The molecule has 1 fully saturated rings. The Kier molecular flexibility index (Phi) is 9.52. The second kappa shape index (κ2) is 13.3. The van der Waals surface area contributed by atoms with Gasteiger partial charge in [0.05, 0.1) is 23.7 Å². The van der Waals surface area contributed by atoms with Crippen molar-refractivity contribution in [3.8, 4) is 5.75 Å². The second-order valence-corrected chi connectivity index (χ2v) is 13.5. The zero-order chi connectivity index (χ0) is 30.6. The summed E-state index contributed by atoms with van der Waals surface area (Å²) in [7, 11) is -3.98. The molecule has 5 rings (SSSR count). The van der Waals surface area contributed by atoms with Crippen LogP contribution >= 0.6 is 0 Å². The summed E-state index contributed by atoms with van der Waals surface area (Å²) in [5.74, 6) is -0.275. The zero-order valence-corrected chi connectivity index (χ0v) is 26.0. The summed E-state index contributed by atoms with van der Waals surface area (Å²) in [6.45, 7) is 5.69. The number of rotatable bonds is 9. The number of hydrogen-bond donors (Lipinski definition) is 1. The van der Waals surface area contributed by atoms with E-state index in [2.05, 4.69) is 5.32 Å². The van der Waals surface area contributed by atoms with Gasteiger partial charge in [0.15, 0.2) is 6.10 Å². The van der Waals surface area contributed by atoms with Crippen LogP contribution in [0.15, 0.2) is 71.6 Å².